The van der Waals surface area contributed by atoms with Crippen LogP contribution < -0.4 is 15.6 Å². The second-order valence-electron chi connectivity index (χ2n) is 6.12. The van der Waals surface area contributed by atoms with Crippen LogP contribution in [0.25, 0.3) is 22.3 Å². The van der Waals surface area contributed by atoms with E-state index in [1.54, 1.807) is 13.3 Å². The van der Waals surface area contributed by atoms with Gasteiger partial charge in [0.2, 0.25) is 0 Å². The Morgan fingerprint density at radius 1 is 1.27 bits per heavy atom. The SMILES string of the molecule is COc1ccc2[nH]c(=O)c(-c3nccn3C3CCCNC3)cc2c1.Cl.Cl. The molecule has 3 heterocycles. The Morgan fingerprint density at radius 2 is 2.12 bits per heavy atom. The Hall–Kier alpha value is -2.02. The predicted octanol–water partition coefficient (Wildman–Crippen LogP) is 3.17. The molecule has 2 aromatic heterocycles. The Kier molecular flexibility index (Phi) is 6.69. The highest BCUT2D eigenvalue weighted by atomic mass is 35.5. The molecule has 1 aromatic carbocycles. The number of nitrogens with zero attached hydrogens (tertiary/aromatic N) is 2. The van der Waals surface area contributed by atoms with Gasteiger partial charge in [0.05, 0.1) is 12.7 Å². The molecule has 0 bridgehead atoms. The molecule has 1 fully saturated rings. The zero-order chi connectivity index (χ0) is 16.5. The maximum atomic E-state index is 12.6. The molecule has 0 spiro atoms. The van der Waals surface area contributed by atoms with E-state index < -0.39 is 0 Å². The minimum absolute atomic E-state index is 0. The van der Waals surface area contributed by atoms with Crippen LogP contribution in [0.3, 0.4) is 0 Å². The lowest BCUT2D eigenvalue weighted by molar-refractivity contribution is 0.374. The number of aromatic nitrogens is 3. The number of rotatable bonds is 3. The second kappa shape index (κ2) is 8.58. The van der Waals surface area contributed by atoms with Crippen LogP contribution >= 0.6 is 24.8 Å². The van der Waals surface area contributed by atoms with Gasteiger partial charge in [0.1, 0.15) is 11.6 Å². The van der Waals surface area contributed by atoms with Gasteiger partial charge < -0.3 is 19.6 Å². The zero-order valence-corrected chi connectivity index (χ0v) is 16.0. The Labute approximate surface area is 163 Å². The number of nitrogens with one attached hydrogen (secondary N) is 2. The van der Waals surface area contributed by atoms with Gasteiger partial charge in [-0.05, 0) is 43.7 Å². The van der Waals surface area contributed by atoms with Crippen molar-refractivity contribution in [2.75, 3.05) is 20.2 Å². The lowest BCUT2D eigenvalue weighted by Crippen LogP contribution is -2.32. The van der Waals surface area contributed by atoms with Gasteiger partial charge in [-0.15, -0.1) is 24.8 Å². The normalized spacial score (nSPS) is 16.6. The van der Waals surface area contributed by atoms with Crippen LogP contribution in [-0.2, 0) is 0 Å². The van der Waals surface area contributed by atoms with Gasteiger partial charge in [-0.3, -0.25) is 4.79 Å². The molecule has 140 valence electrons. The third-order valence-electron chi connectivity index (χ3n) is 4.63. The molecule has 3 aromatic rings. The van der Waals surface area contributed by atoms with Gasteiger partial charge in [0.25, 0.3) is 5.56 Å². The molecule has 1 unspecified atom stereocenters. The van der Waals surface area contributed by atoms with E-state index in [0.29, 0.717) is 11.6 Å². The molecular weight excluding hydrogens is 375 g/mol. The van der Waals surface area contributed by atoms with Crippen molar-refractivity contribution in [3.63, 3.8) is 0 Å². The average molecular weight is 397 g/mol. The molecule has 6 nitrogen and oxygen atoms in total. The number of imidazole rings is 1. The van der Waals surface area contributed by atoms with Crippen molar-refractivity contribution >= 4 is 35.7 Å². The van der Waals surface area contributed by atoms with Gasteiger partial charge in [-0.2, -0.15) is 0 Å². The molecular formula is C18H22Cl2N4O2. The smallest absolute Gasteiger partial charge is 0.259 e. The first-order valence-electron chi connectivity index (χ1n) is 8.21. The molecule has 26 heavy (non-hydrogen) atoms. The van der Waals surface area contributed by atoms with E-state index in [4.69, 9.17) is 4.74 Å². The van der Waals surface area contributed by atoms with Gasteiger partial charge in [0.15, 0.2) is 0 Å². The number of hydrogen-bond acceptors (Lipinski definition) is 4. The van der Waals surface area contributed by atoms with Crippen molar-refractivity contribution in [3.8, 4) is 17.1 Å². The van der Waals surface area contributed by atoms with E-state index >= 15 is 0 Å². The molecule has 4 rings (SSSR count). The topological polar surface area (TPSA) is 71.9 Å². The average Bonchev–Trinajstić information content (AvgIpc) is 3.11. The van der Waals surface area contributed by atoms with E-state index in [9.17, 15) is 4.79 Å². The molecule has 1 aliphatic heterocycles. The number of pyridine rings is 1. The monoisotopic (exact) mass is 396 g/mol. The van der Waals surface area contributed by atoms with E-state index in [2.05, 4.69) is 19.9 Å². The standard InChI is InChI=1S/C18H20N4O2.2ClH/c1-24-14-4-5-16-12(9-14)10-15(18(23)21-16)17-20-7-8-22(17)13-3-2-6-19-11-13;;/h4-5,7-10,13,19H,2-3,6,11H2,1H3,(H,21,23);2*1H. The number of fused-ring (bicyclic) bond motifs is 1. The third kappa shape index (κ3) is 3.72. The number of hydrogen-bond donors (Lipinski definition) is 2. The highest BCUT2D eigenvalue weighted by Crippen LogP contribution is 2.26. The first-order chi connectivity index (χ1) is 11.8. The minimum atomic E-state index is -0.121. The van der Waals surface area contributed by atoms with Crippen LogP contribution in [0.4, 0.5) is 0 Å². The fourth-order valence-corrected chi connectivity index (χ4v) is 3.36. The number of halogens is 2. The Bertz CT molecular complexity index is 932. The van der Waals surface area contributed by atoms with E-state index in [0.717, 1.165) is 48.4 Å². The highest BCUT2D eigenvalue weighted by molar-refractivity contribution is 5.85. The summed E-state index contributed by atoms with van der Waals surface area (Å²) in [6, 6.07) is 7.84. The summed E-state index contributed by atoms with van der Waals surface area (Å²) in [5.74, 6) is 1.48. The number of aromatic amines is 1. The minimum Gasteiger partial charge on any atom is -0.497 e. The highest BCUT2D eigenvalue weighted by Gasteiger charge is 2.20. The van der Waals surface area contributed by atoms with Gasteiger partial charge in [0, 0.05) is 35.9 Å². The largest absolute Gasteiger partial charge is 0.497 e. The summed E-state index contributed by atoms with van der Waals surface area (Å²) >= 11 is 0. The summed E-state index contributed by atoms with van der Waals surface area (Å²) in [7, 11) is 1.64. The van der Waals surface area contributed by atoms with Gasteiger partial charge in [-0.25, -0.2) is 4.98 Å². The summed E-state index contributed by atoms with van der Waals surface area (Å²) in [6.45, 7) is 1.96. The number of methoxy groups -OCH3 is 1. The van der Waals surface area contributed by atoms with Crippen LogP contribution in [0.15, 0.2) is 41.5 Å². The molecule has 2 N–H and O–H groups in total. The molecule has 0 saturated carbocycles. The van der Waals surface area contributed by atoms with Crippen molar-refractivity contribution in [2.45, 2.75) is 18.9 Å². The van der Waals surface area contributed by atoms with Crippen LogP contribution in [0.2, 0.25) is 0 Å². The maximum absolute atomic E-state index is 12.6. The van der Waals surface area contributed by atoms with Gasteiger partial charge in [-0.1, -0.05) is 0 Å². The third-order valence-corrected chi connectivity index (χ3v) is 4.63. The van der Waals surface area contributed by atoms with Crippen LogP contribution in [0.1, 0.15) is 18.9 Å². The zero-order valence-electron chi connectivity index (χ0n) is 14.4. The Balaban J connectivity index is 0.00000121. The summed E-state index contributed by atoms with van der Waals surface area (Å²) in [5, 5.41) is 4.34. The van der Waals surface area contributed by atoms with E-state index in [-0.39, 0.29) is 30.4 Å². The van der Waals surface area contributed by atoms with Crippen molar-refractivity contribution in [2.24, 2.45) is 0 Å². The number of ether oxygens (including phenoxy) is 1. The van der Waals surface area contributed by atoms with Crippen LogP contribution in [0.5, 0.6) is 5.75 Å². The lowest BCUT2D eigenvalue weighted by Gasteiger charge is -2.25. The quantitative estimate of drug-likeness (QED) is 0.712. The molecule has 0 amide bonds. The van der Waals surface area contributed by atoms with Crippen molar-refractivity contribution in [1.82, 2.24) is 19.9 Å². The molecule has 0 aliphatic carbocycles. The Morgan fingerprint density at radius 3 is 2.85 bits per heavy atom. The molecule has 1 saturated heterocycles. The first-order valence-corrected chi connectivity index (χ1v) is 8.21. The van der Waals surface area contributed by atoms with E-state index in [1.165, 1.54) is 0 Å². The first kappa shape index (κ1) is 20.3. The summed E-state index contributed by atoms with van der Waals surface area (Å²) in [4.78, 5) is 20.0. The number of piperidine rings is 1. The summed E-state index contributed by atoms with van der Waals surface area (Å²) in [6.07, 6.45) is 5.95. The van der Waals surface area contributed by atoms with Crippen molar-refractivity contribution in [1.29, 1.82) is 0 Å². The van der Waals surface area contributed by atoms with Crippen molar-refractivity contribution < 1.29 is 4.74 Å². The summed E-state index contributed by atoms with van der Waals surface area (Å²) < 4.78 is 7.39. The van der Waals surface area contributed by atoms with E-state index in [1.807, 2.05) is 30.5 Å². The van der Waals surface area contributed by atoms with Crippen LogP contribution in [0, 0.1) is 0 Å². The second-order valence-corrected chi connectivity index (χ2v) is 6.12. The number of benzene rings is 1. The molecule has 1 aliphatic rings. The van der Waals surface area contributed by atoms with Gasteiger partial charge >= 0.3 is 0 Å². The fraction of sp³-hybridized carbons (Fsp3) is 0.333. The molecule has 1 atom stereocenters. The van der Waals surface area contributed by atoms with Crippen molar-refractivity contribution in [3.05, 3.63) is 47.0 Å². The fourth-order valence-electron chi connectivity index (χ4n) is 3.36. The van der Waals surface area contributed by atoms with Crippen LogP contribution in [-0.4, -0.2) is 34.7 Å². The molecule has 0 radical (unpaired) electrons. The molecule has 8 heteroatoms. The summed E-state index contributed by atoms with van der Waals surface area (Å²) in [5.41, 5.74) is 1.26. The number of H-pyrrole nitrogens is 1. The lowest BCUT2D eigenvalue weighted by atomic mass is 10.1. The predicted molar refractivity (Wildman–Crippen MR) is 108 cm³/mol. The maximum Gasteiger partial charge on any atom is 0.259 e.